The summed E-state index contributed by atoms with van der Waals surface area (Å²) in [5.41, 5.74) is 2.71. The number of hydrogen-bond acceptors (Lipinski definition) is 1. The molecule has 0 unspecified atom stereocenters. The Balaban J connectivity index is 3.04. The van der Waals surface area contributed by atoms with Crippen molar-refractivity contribution in [3.63, 3.8) is 0 Å². The predicted octanol–water partition coefficient (Wildman–Crippen LogP) is 3.35. The van der Waals surface area contributed by atoms with Gasteiger partial charge in [0.2, 0.25) is 0 Å². The number of allylic oxidation sites excluding steroid dienone is 4. The van der Waals surface area contributed by atoms with Crippen LogP contribution >= 0.6 is 0 Å². The van der Waals surface area contributed by atoms with E-state index in [1.807, 2.05) is 12.3 Å². The molecule has 0 saturated heterocycles. The zero-order valence-corrected chi connectivity index (χ0v) is 8.83. The third-order valence-electron chi connectivity index (χ3n) is 2.19. The second kappa shape index (κ2) is 4.25. The van der Waals surface area contributed by atoms with Crippen LogP contribution in [0.1, 0.15) is 27.7 Å². The van der Waals surface area contributed by atoms with Gasteiger partial charge in [0, 0.05) is 6.20 Å². The summed E-state index contributed by atoms with van der Waals surface area (Å²) in [7, 11) is 0. The van der Waals surface area contributed by atoms with Gasteiger partial charge in [0.15, 0.2) is 0 Å². The lowest BCUT2D eigenvalue weighted by atomic mass is 9.88. The van der Waals surface area contributed by atoms with Crippen molar-refractivity contribution in [2.24, 2.45) is 16.8 Å². The van der Waals surface area contributed by atoms with Gasteiger partial charge < -0.3 is 0 Å². The van der Waals surface area contributed by atoms with Crippen LogP contribution < -0.4 is 0 Å². The zero-order chi connectivity index (χ0) is 9.84. The lowest BCUT2D eigenvalue weighted by Gasteiger charge is -2.16. The minimum absolute atomic E-state index is 0.533. The Hall–Kier alpha value is -1.07. The van der Waals surface area contributed by atoms with Gasteiger partial charge in [-0.15, -0.1) is 0 Å². The average Bonchev–Trinajstić information content (AvgIpc) is 2.27. The zero-order valence-electron chi connectivity index (χ0n) is 8.83. The number of rotatable bonds is 2. The Labute approximate surface area is 80.6 Å². The fourth-order valence-corrected chi connectivity index (χ4v) is 1.46. The normalized spacial score (nSPS) is 16.2. The molecule has 1 nitrogen and oxygen atoms in total. The predicted molar refractivity (Wildman–Crippen MR) is 57.8 cm³/mol. The smallest absolute Gasteiger partial charge is 0.0405 e. The maximum absolute atomic E-state index is 4.09. The van der Waals surface area contributed by atoms with Crippen LogP contribution in [0.3, 0.4) is 0 Å². The van der Waals surface area contributed by atoms with Gasteiger partial charge in [-0.25, -0.2) is 4.99 Å². The van der Waals surface area contributed by atoms with Crippen molar-refractivity contribution in [2.45, 2.75) is 27.7 Å². The summed E-state index contributed by atoms with van der Waals surface area (Å²) in [6.07, 6.45) is 5.94. The van der Waals surface area contributed by atoms with Crippen LogP contribution in [0.5, 0.6) is 0 Å². The number of aliphatic imine (C=N–C) groups is 1. The van der Waals surface area contributed by atoms with E-state index >= 15 is 0 Å². The first kappa shape index (κ1) is 10.0. The lowest BCUT2D eigenvalue weighted by Crippen LogP contribution is -2.03. The third-order valence-corrected chi connectivity index (χ3v) is 2.19. The summed E-state index contributed by atoms with van der Waals surface area (Å²) < 4.78 is 0. The molecule has 0 radical (unpaired) electrons. The molecule has 1 aliphatic heterocycles. The lowest BCUT2D eigenvalue weighted by molar-refractivity contribution is 0.700. The van der Waals surface area contributed by atoms with E-state index in [0.29, 0.717) is 11.8 Å². The Morgan fingerprint density at radius 1 is 1.08 bits per heavy atom. The topological polar surface area (TPSA) is 12.4 Å². The van der Waals surface area contributed by atoms with Crippen molar-refractivity contribution in [3.05, 3.63) is 29.5 Å². The van der Waals surface area contributed by atoms with Crippen LogP contribution in [-0.2, 0) is 0 Å². The SMILES string of the molecule is CC(C)C1=CC=C=NC=C1C(C)C. The summed E-state index contributed by atoms with van der Waals surface area (Å²) in [5.74, 6) is 3.95. The highest BCUT2D eigenvalue weighted by Crippen LogP contribution is 2.26. The Bertz CT molecular complexity index is 269. The van der Waals surface area contributed by atoms with Crippen LogP contribution in [0.4, 0.5) is 0 Å². The van der Waals surface area contributed by atoms with Gasteiger partial charge in [-0.2, -0.15) is 0 Å². The van der Waals surface area contributed by atoms with Crippen LogP contribution in [0.25, 0.3) is 0 Å². The highest BCUT2D eigenvalue weighted by Gasteiger charge is 2.12. The Morgan fingerprint density at radius 3 is 2.23 bits per heavy atom. The van der Waals surface area contributed by atoms with Crippen molar-refractivity contribution < 1.29 is 0 Å². The fourth-order valence-electron chi connectivity index (χ4n) is 1.46. The maximum atomic E-state index is 4.09. The van der Waals surface area contributed by atoms with E-state index in [1.165, 1.54) is 11.1 Å². The van der Waals surface area contributed by atoms with Crippen LogP contribution in [0.2, 0.25) is 0 Å². The first-order valence-corrected chi connectivity index (χ1v) is 4.82. The van der Waals surface area contributed by atoms with E-state index in [-0.39, 0.29) is 0 Å². The van der Waals surface area contributed by atoms with Crippen molar-refractivity contribution in [3.8, 4) is 0 Å². The molecule has 0 fully saturated rings. The number of nitrogens with zero attached hydrogens (tertiary/aromatic N) is 1. The molecule has 0 aromatic heterocycles. The molecule has 0 N–H and O–H groups in total. The molecule has 0 atom stereocenters. The maximum Gasteiger partial charge on any atom is 0.0405 e. The summed E-state index contributed by atoms with van der Waals surface area (Å²) in [5, 5.41) is 0. The molecule has 13 heavy (non-hydrogen) atoms. The fraction of sp³-hybridized carbons (Fsp3) is 0.500. The molecule has 1 heterocycles. The number of hydrogen-bond donors (Lipinski definition) is 0. The molecule has 0 aliphatic carbocycles. The monoisotopic (exact) mass is 175 g/mol. The molecule has 0 bridgehead atoms. The highest BCUT2D eigenvalue weighted by atomic mass is 14.7. The first-order valence-electron chi connectivity index (χ1n) is 4.82. The molecule has 1 rings (SSSR count). The molecular formula is C12H17N. The minimum Gasteiger partial charge on any atom is -0.214 e. The molecule has 0 amide bonds. The van der Waals surface area contributed by atoms with Gasteiger partial charge in [-0.1, -0.05) is 27.7 Å². The second-order valence-electron chi connectivity index (χ2n) is 3.94. The Kier molecular flexibility index (Phi) is 3.27. The van der Waals surface area contributed by atoms with Crippen LogP contribution in [0, 0.1) is 11.8 Å². The second-order valence-corrected chi connectivity index (χ2v) is 3.94. The molecule has 70 valence electrons. The standard InChI is InChI=1S/C12H17N/c1-9(2)11-6-5-7-13-8-12(11)10(3)4/h5-6,8-10H,1-4H3. The molecule has 0 aromatic carbocycles. The van der Waals surface area contributed by atoms with E-state index in [1.54, 1.807) is 0 Å². The largest absolute Gasteiger partial charge is 0.214 e. The van der Waals surface area contributed by atoms with Crippen molar-refractivity contribution in [1.29, 1.82) is 0 Å². The molecular weight excluding hydrogens is 158 g/mol. The average molecular weight is 175 g/mol. The van der Waals surface area contributed by atoms with Crippen molar-refractivity contribution >= 4 is 5.87 Å². The molecule has 0 aromatic rings. The summed E-state index contributed by atoms with van der Waals surface area (Å²) in [4.78, 5) is 4.09. The quantitative estimate of drug-likeness (QED) is 0.610. The van der Waals surface area contributed by atoms with Gasteiger partial charge in [0.05, 0.1) is 0 Å². The van der Waals surface area contributed by atoms with E-state index in [0.717, 1.165) is 0 Å². The van der Waals surface area contributed by atoms with E-state index in [9.17, 15) is 0 Å². The molecule has 0 spiro atoms. The van der Waals surface area contributed by atoms with E-state index < -0.39 is 0 Å². The summed E-state index contributed by atoms with van der Waals surface area (Å²) >= 11 is 0. The molecule has 0 saturated carbocycles. The first-order chi connectivity index (χ1) is 6.13. The molecule has 1 heteroatoms. The van der Waals surface area contributed by atoms with Gasteiger partial charge in [-0.3, -0.25) is 0 Å². The van der Waals surface area contributed by atoms with Gasteiger partial charge in [0.1, 0.15) is 0 Å². The summed E-state index contributed by atoms with van der Waals surface area (Å²) in [6.45, 7) is 8.81. The minimum atomic E-state index is 0.533. The third kappa shape index (κ3) is 2.43. The Morgan fingerprint density at radius 2 is 1.69 bits per heavy atom. The van der Waals surface area contributed by atoms with Crippen molar-refractivity contribution in [1.82, 2.24) is 0 Å². The van der Waals surface area contributed by atoms with Gasteiger partial charge >= 0.3 is 0 Å². The van der Waals surface area contributed by atoms with Crippen molar-refractivity contribution in [2.75, 3.05) is 0 Å². The summed E-state index contributed by atoms with van der Waals surface area (Å²) in [6, 6.07) is 0. The van der Waals surface area contributed by atoms with Gasteiger partial charge in [-0.05, 0) is 41.0 Å². The van der Waals surface area contributed by atoms with E-state index in [4.69, 9.17) is 0 Å². The van der Waals surface area contributed by atoms with Crippen LogP contribution in [0.15, 0.2) is 34.5 Å². The van der Waals surface area contributed by atoms with Gasteiger partial charge in [0.25, 0.3) is 0 Å². The van der Waals surface area contributed by atoms with E-state index in [2.05, 4.69) is 44.6 Å². The highest BCUT2D eigenvalue weighted by molar-refractivity contribution is 5.59. The van der Waals surface area contributed by atoms with Crippen LogP contribution in [-0.4, -0.2) is 5.87 Å². The molecule has 1 aliphatic rings.